The Balaban J connectivity index is 2.97. The fourth-order valence-electron chi connectivity index (χ4n) is 2.02. The molecule has 0 fully saturated rings. The highest BCUT2D eigenvalue weighted by molar-refractivity contribution is 5.90. The molecule has 3 N–H and O–H groups in total. The number of hydrogen-bond donors (Lipinski definition) is 3. The average Bonchev–Trinajstić information content (AvgIpc) is 2.54. The zero-order valence-electron chi connectivity index (χ0n) is 13.6. The topological polar surface area (TPSA) is 133 Å². The second-order valence-corrected chi connectivity index (χ2v) is 5.12. The van der Waals surface area contributed by atoms with Crippen LogP contribution in [0.3, 0.4) is 0 Å². The number of aromatic hydroxyl groups is 1. The number of ether oxygens (including phenoxy) is 1. The molecule has 0 heterocycles. The van der Waals surface area contributed by atoms with E-state index in [1.807, 2.05) is 0 Å². The molecule has 2 amide bonds. The molecule has 0 aliphatic carbocycles. The van der Waals surface area contributed by atoms with Crippen LogP contribution in [0.25, 0.3) is 4.98 Å². The molecule has 0 radical (unpaired) electrons. The number of diazo groups is 1. The van der Waals surface area contributed by atoms with Gasteiger partial charge in [0.2, 0.25) is 17.2 Å². The summed E-state index contributed by atoms with van der Waals surface area (Å²) in [4.78, 5) is 38.0. The van der Waals surface area contributed by atoms with Gasteiger partial charge in [-0.25, -0.2) is 4.79 Å². The van der Waals surface area contributed by atoms with Gasteiger partial charge in [-0.2, -0.15) is 0 Å². The summed E-state index contributed by atoms with van der Waals surface area (Å²) in [6.07, 6.45) is -0.0610. The summed E-state index contributed by atoms with van der Waals surface area (Å²) in [5, 5.41) is 23.5. The molecule has 1 aromatic carbocycles. The average molecular weight is 335 g/mol. The van der Waals surface area contributed by atoms with Crippen molar-refractivity contribution in [2.75, 3.05) is 7.11 Å². The predicted octanol–water partition coefficient (Wildman–Crippen LogP) is 0.602. The number of nitrogens with zero attached hydrogens (tertiary/aromatic N) is 2. The van der Waals surface area contributed by atoms with E-state index in [9.17, 15) is 19.5 Å². The van der Waals surface area contributed by atoms with Crippen molar-refractivity contribution in [2.45, 2.75) is 32.4 Å². The first-order valence-electron chi connectivity index (χ1n) is 7.10. The lowest BCUT2D eigenvalue weighted by atomic mass is 10.0. The second-order valence-electron chi connectivity index (χ2n) is 5.12. The van der Waals surface area contributed by atoms with E-state index < -0.39 is 29.9 Å². The van der Waals surface area contributed by atoms with Crippen molar-refractivity contribution < 1.29 is 24.2 Å². The number of esters is 1. The van der Waals surface area contributed by atoms with Crippen LogP contribution in [0.5, 0.6) is 5.75 Å². The standard InChI is InChI=1S/C15H18N4O5/c1-8(15(23)24-3)17-14(22)12(18-9(2)20)7-10-6-11(19-16)4-5-13(10)21/h4-6,8,12H,7H2,1-3H3,(H2-,17,18,20,21,22)/p+1/t8-,12-/m0/s1. The van der Waals surface area contributed by atoms with Gasteiger partial charge in [-0.1, -0.05) is 0 Å². The minimum atomic E-state index is -1.03. The Morgan fingerprint density at radius 3 is 2.54 bits per heavy atom. The molecule has 9 heteroatoms. The Bertz CT molecular complexity index is 683. The number of carbonyl (C=O) groups is 3. The van der Waals surface area contributed by atoms with E-state index >= 15 is 0 Å². The number of hydrogen-bond acceptors (Lipinski definition) is 6. The summed E-state index contributed by atoms with van der Waals surface area (Å²) in [6.45, 7) is 2.68. The van der Waals surface area contributed by atoms with Gasteiger partial charge in [-0.3, -0.25) is 9.59 Å². The quantitative estimate of drug-likeness (QED) is 0.515. The van der Waals surface area contributed by atoms with E-state index in [1.165, 1.54) is 39.2 Å². The van der Waals surface area contributed by atoms with Gasteiger partial charge in [0.25, 0.3) is 0 Å². The molecule has 0 saturated heterocycles. The molecule has 9 nitrogen and oxygen atoms in total. The molecule has 0 aliphatic heterocycles. The van der Waals surface area contributed by atoms with Gasteiger partial charge in [0, 0.05) is 31.0 Å². The highest BCUT2D eigenvalue weighted by Gasteiger charge is 2.26. The van der Waals surface area contributed by atoms with Gasteiger partial charge in [0.1, 0.15) is 17.8 Å². The van der Waals surface area contributed by atoms with Crippen LogP contribution in [0.15, 0.2) is 18.2 Å². The summed E-state index contributed by atoms with van der Waals surface area (Å²) in [6, 6.07) is 2.14. The summed E-state index contributed by atoms with van der Waals surface area (Å²) in [7, 11) is 1.19. The molecule has 0 bridgehead atoms. The number of phenolic OH excluding ortho intramolecular Hbond substituents is 1. The molecule has 0 aromatic heterocycles. The molecular formula is C15H19N4O5+. The lowest BCUT2D eigenvalue weighted by Gasteiger charge is -2.20. The third-order valence-corrected chi connectivity index (χ3v) is 3.21. The highest BCUT2D eigenvalue weighted by Crippen LogP contribution is 2.24. The van der Waals surface area contributed by atoms with Gasteiger partial charge in [-0.15, -0.1) is 0 Å². The molecule has 2 atom stereocenters. The van der Waals surface area contributed by atoms with E-state index in [0.717, 1.165) is 0 Å². The zero-order chi connectivity index (χ0) is 18.3. The largest absolute Gasteiger partial charge is 0.508 e. The number of rotatable bonds is 6. The summed E-state index contributed by atoms with van der Waals surface area (Å²) in [5.74, 6) is -1.82. The molecule has 0 saturated carbocycles. The van der Waals surface area contributed by atoms with Crippen LogP contribution >= 0.6 is 0 Å². The van der Waals surface area contributed by atoms with Crippen molar-refractivity contribution in [3.05, 3.63) is 28.7 Å². The van der Waals surface area contributed by atoms with E-state index in [2.05, 4.69) is 20.3 Å². The van der Waals surface area contributed by atoms with Crippen LogP contribution in [0.1, 0.15) is 19.4 Å². The molecular weight excluding hydrogens is 316 g/mol. The first-order chi connectivity index (χ1) is 11.3. The third-order valence-electron chi connectivity index (χ3n) is 3.21. The molecule has 1 aromatic rings. The van der Waals surface area contributed by atoms with Gasteiger partial charge in [0.05, 0.1) is 7.11 Å². The van der Waals surface area contributed by atoms with E-state index in [1.54, 1.807) is 0 Å². The fourth-order valence-corrected chi connectivity index (χ4v) is 2.02. The van der Waals surface area contributed by atoms with Crippen molar-refractivity contribution in [1.82, 2.24) is 10.6 Å². The molecule has 128 valence electrons. The van der Waals surface area contributed by atoms with Crippen molar-refractivity contribution in [3.8, 4) is 5.75 Å². The third kappa shape index (κ3) is 5.24. The van der Waals surface area contributed by atoms with Crippen molar-refractivity contribution in [1.29, 1.82) is 5.39 Å². The van der Waals surface area contributed by atoms with Gasteiger partial charge < -0.3 is 20.5 Å². The Morgan fingerprint density at radius 1 is 1.33 bits per heavy atom. The number of amides is 2. The Hall–Kier alpha value is -3.15. The summed E-state index contributed by atoms with van der Waals surface area (Å²) in [5.41, 5.74) is 0.484. The number of nitrogens with one attached hydrogen (secondary N) is 2. The van der Waals surface area contributed by atoms with E-state index in [-0.39, 0.29) is 17.9 Å². The lowest BCUT2D eigenvalue weighted by molar-refractivity contribution is -0.144. The van der Waals surface area contributed by atoms with Gasteiger partial charge in [-0.05, 0) is 13.0 Å². The predicted molar refractivity (Wildman–Crippen MR) is 83.8 cm³/mol. The van der Waals surface area contributed by atoms with E-state index in [0.29, 0.717) is 5.56 Å². The second kappa shape index (κ2) is 8.47. The number of methoxy groups -OCH3 is 1. The maximum Gasteiger partial charge on any atom is 0.385 e. The molecule has 0 spiro atoms. The van der Waals surface area contributed by atoms with Crippen molar-refractivity contribution in [2.24, 2.45) is 0 Å². The Labute approximate surface area is 138 Å². The minimum Gasteiger partial charge on any atom is -0.508 e. The number of benzene rings is 1. The van der Waals surface area contributed by atoms with Gasteiger partial charge >= 0.3 is 11.7 Å². The Kier molecular flexibility index (Phi) is 6.67. The van der Waals surface area contributed by atoms with Crippen LogP contribution in [0.4, 0.5) is 5.69 Å². The zero-order valence-corrected chi connectivity index (χ0v) is 13.6. The lowest BCUT2D eigenvalue weighted by Crippen LogP contribution is -2.51. The summed E-state index contributed by atoms with van der Waals surface area (Å²) < 4.78 is 4.52. The van der Waals surface area contributed by atoms with Crippen LogP contribution in [0.2, 0.25) is 0 Å². The first-order valence-corrected chi connectivity index (χ1v) is 7.10. The molecule has 1 rings (SSSR count). The number of carbonyl (C=O) groups excluding carboxylic acids is 3. The van der Waals surface area contributed by atoms with Crippen LogP contribution in [-0.2, 0) is 25.5 Å². The van der Waals surface area contributed by atoms with Crippen LogP contribution in [0, 0.1) is 5.39 Å². The maximum absolute atomic E-state index is 12.3. The smallest absolute Gasteiger partial charge is 0.385 e. The first kappa shape index (κ1) is 18.9. The normalized spacial score (nSPS) is 12.4. The van der Waals surface area contributed by atoms with Crippen molar-refractivity contribution in [3.63, 3.8) is 0 Å². The number of phenols is 1. The molecule has 0 unspecified atom stereocenters. The highest BCUT2D eigenvalue weighted by atomic mass is 16.5. The van der Waals surface area contributed by atoms with Gasteiger partial charge in [0.15, 0.2) is 4.98 Å². The molecule has 0 aliphatic rings. The fraction of sp³-hybridized carbons (Fsp3) is 0.400. The van der Waals surface area contributed by atoms with Crippen LogP contribution in [-0.4, -0.2) is 42.1 Å². The SMILES string of the molecule is COC(=O)[C@H](C)NC(=O)[C@H](Cc1cc([N+]#N)ccc1O)NC(C)=O. The summed E-state index contributed by atoms with van der Waals surface area (Å²) >= 11 is 0. The molecule has 24 heavy (non-hydrogen) atoms. The van der Waals surface area contributed by atoms with E-state index in [4.69, 9.17) is 5.39 Å². The maximum atomic E-state index is 12.3. The van der Waals surface area contributed by atoms with Crippen molar-refractivity contribution >= 4 is 23.5 Å². The Morgan fingerprint density at radius 2 is 2.00 bits per heavy atom. The van der Waals surface area contributed by atoms with Crippen LogP contribution < -0.4 is 10.6 Å². The monoisotopic (exact) mass is 335 g/mol. The minimum absolute atomic E-state index is 0.0610.